The predicted octanol–water partition coefficient (Wildman–Crippen LogP) is 3.72. The van der Waals surface area contributed by atoms with Gasteiger partial charge in [0.05, 0.1) is 10.5 Å². The summed E-state index contributed by atoms with van der Waals surface area (Å²) >= 11 is 3.55. The Morgan fingerprint density at radius 2 is 2.14 bits per heavy atom. The molecular formula is C11H16BrNO. The normalized spacial score (nSPS) is 20.2. The number of halogens is 1. The molecule has 0 saturated heterocycles. The molecule has 0 aromatic carbocycles. The van der Waals surface area contributed by atoms with Gasteiger partial charge in [0.1, 0.15) is 11.5 Å². The molecule has 1 fully saturated rings. The average molecular weight is 258 g/mol. The van der Waals surface area contributed by atoms with Crippen molar-refractivity contribution in [3.05, 3.63) is 22.1 Å². The summed E-state index contributed by atoms with van der Waals surface area (Å²) < 4.78 is 6.88. The second kappa shape index (κ2) is 4.07. The van der Waals surface area contributed by atoms with Gasteiger partial charge in [-0.05, 0) is 41.8 Å². The lowest BCUT2D eigenvalue weighted by atomic mass is 10.1. The van der Waals surface area contributed by atoms with Gasteiger partial charge in [-0.25, -0.2) is 0 Å². The van der Waals surface area contributed by atoms with Crippen molar-refractivity contribution < 1.29 is 4.42 Å². The van der Waals surface area contributed by atoms with Crippen LogP contribution in [-0.4, -0.2) is 0 Å². The molecule has 0 spiro atoms. The molecule has 2 rings (SSSR count). The Morgan fingerprint density at radius 3 is 2.64 bits per heavy atom. The molecule has 0 aliphatic heterocycles. The maximum atomic E-state index is 5.79. The SMILES string of the molecule is CC(N)c1cc(Br)c(C2CCCC2)o1. The van der Waals surface area contributed by atoms with E-state index in [1.54, 1.807) is 0 Å². The molecule has 3 heteroatoms. The highest BCUT2D eigenvalue weighted by molar-refractivity contribution is 9.10. The van der Waals surface area contributed by atoms with Crippen molar-refractivity contribution in [2.24, 2.45) is 5.73 Å². The third kappa shape index (κ3) is 1.89. The van der Waals surface area contributed by atoms with E-state index in [0.29, 0.717) is 5.92 Å². The van der Waals surface area contributed by atoms with Crippen molar-refractivity contribution in [1.29, 1.82) is 0 Å². The van der Waals surface area contributed by atoms with Crippen LogP contribution in [0.5, 0.6) is 0 Å². The molecule has 1 atom stereocenters. The van der Waals surface area contributed by atoms with Gasteiger partial charge >= 0.3 is 0 Å². The minimum absolute atomic E-state index is 0.0125. The van der Waals surface area contributed by atoms with E-state index in [1.165, 1.54) is 25.7 Å². The van der Waals surface area contributed by atoms with Gasteiger partial charge in [-0.2, -0.15) is 0 Å². The fourth-order valence-electron chi connectivity index (χ4n) is 2.09. The minimum atomic E-state index is -0.0125. The zero-order valence-electron chi connectivity index (χ0n) is 8.42. The van der Waals surface area contributed by atoms with Crippen molar-refractivity contribution >= 4 is 15.9 Å². The van der Waals surface area contributed by atoms with E-state index >= 15 is 0 Å². The number of hydrogen-bond donors (Lipinski definition) is 1. The molecule has 1 aliphatic rings. The number of furan rings is 1. The molecule has 1 aliphatic carbocycles. The van der Waals surface area contributed by atoms with Gasteiger partial charge in [0.2, 0.25) is 0 Å². The highest BCUT2D eigenvalue weighted by Crippen LogP contribution is 2.39. The summed E-state index contributed by atoms with van der Waals surface area (Å²) in [5.41, 5.74) is 5.78. The van der Waals surface area contributed by atoms with Gasteiger partial charge in [-0.15, -0.1) is 0 Å². The van der Waals surface area contributed by atoms with Crippen LogP contribution in [0.15, 0.2) is 15.0 Å². The van der Waals surface area contributed by atoms with Gasteiger partial charge in [-0.3, -0.25) is 0 Å². The van der Waals surface area contributed by atoms with Crippen molar-refractivity contribution in [3.63, 3.8) is 0 Å². The largest absolute Gasteiger partial charge is 0.463 e. The molecule has 0 amide bonds. The summed E-state index contributed by atoms with van der Waals surface area (Å²) in [5.74, 6) is 2.60. The molecule has 0 radical (unpaired) electrons. The third-order valence-corrected chi connectivity index (χ3v) is 3.53. The quantitative estimate of drug-likeness (QED) is 0.878. The Kier molecular flexibility index (Phi) is 2.98. The maximum absolute atomic E-state index is 5.79. The molecule has 1 saturated carbocycles. The van der Waals surface area contributed by atoms with Gasteiger partial charge in [0.25, 0.3) is 0 Å². The summed E-state index contributed by atoms with van der Waals surface area (Å²) in [7, 11) is 0. The van der Waals surface area contributed by atoms with Crippen LogP contribution in [0.25, 0.3) is 0 Å². The van der Waals surface area contributed by atoms with Crippen molar-refractivity contribution in [2.45, 2.75) is 44.6 Å². The fraction of sp³-hybridized carbons (Fsp3) is 0.636. The molecule has 14 heavy (non-hydrogen) atoms. The molecule has 78 valence electrons. The van der Waals surface area contributed by atoms with Gasteiger partial charge in [0, 0.05) is 5.92 Å². The number of hydrogen-bond acceptors (Lipinski definition) is 2. The molecular weight excluding hydrogens is 242 g/mol. The first-order valence-electron chi connectivity index (χ1n) is 5.23. The molecule has 1 aromatic heterocycles. The van der Waals surface area contributed by atoms with Crippen molar-refractivity contribution in [3.8, 4) is 0 Å². The highest BCUT2D eigenvalue weighted by Gasteiger charge is 2.23. The lowest BCUT2D eigenvalue weighted by molar-refractivity contribution is 0.412. The van der Waals surface area contributed by atoms with E-state index in [0.717, 1.165) is 16.0 Å². The summed E-state index contributed by atoms with van der Waals surface area (Å²) in [6, 6.07) is 2.00. The average Bonchev–Trinajstić information content (AvgIpc) is 2.71. The lowest BCUT2D eigenvalue weighted by Crippen LogP contribution is -2.02. The number of rotatable bonds is 2. The molecule has 0 bridgehead atoms. The minimum Gasteiger partial charge on any atom is -0.463 e. The van der Waals surface area contributed by atoms with Crippen LogP contribution < -0.4 is 5.73 Å². The Balaban J connectivity index is 2.24. The van der Waals surface area contributed by atoms with E-state index in [2.05, 4.69) is 15.9 Å². The standard InChI is InChI=1S/C11H16BrNO/c1-7(13)10-6-9(12)11(14-10)8-4-2-3-5-8/h6-8H,2-5,13H2,1H3. The first-order valence-corrected chi connectivity index (χ1v) is 6.02. The van der Waals surface area contributed by atoms with E-state index < -0.39 is 0 Å². The zero-order chi connectivity index (χ0) is 10.1. The van der Waals surface area contributed by atoms with Gasteiger partial charge in [-0.1, -0.05) is 12.8 Å². The topological polar surface area (TPSA) is 39.2 Å². The Morgan fingerprint density at radius 1 is 1.50 bits per heavy atom. The molecule has 1 aromatic rings. The van der Waals surface area contributed by atoms with E-state index in [-0.39, 0.29) is 6.04 Å². The van der Waals surface area contributed by atoms with Crippen LogP contribution in [0, 0.1) is 0 Å². The maximum Gasteiger partial charge on any atom is 0.121 e. The van der Waals surface area contributed by atoms with Crippen LogP contribution >= 0.6 is 15.9 Å². The summed E-state index contributed by atoms with van der Waals surface area (Å²) in [4.78, 5) is 0. The second-order valence-corrected chi connectivity index (χ2v) is 4.99. The summed E-state index contributed by atoms with van der Waals surface area (Å²) in [6.45, 7) is 1.95. The lowest BCUT2D eigenvalue weighted by Gasteiger charge is -2.06. The number of nitrogens with two attached hydrogens (primary N) is 1. The van der Waals surface area contributed by atoms with Crippen LogP contribution in [0.3, 0.4) is 0 Å². The first kappa shape index (κ1) is 10.2. The predicted molar refractivity (Wildman–Crippen MR) is 60.2 cm³/mol. The fourth-order valence-corrected chi connectivity index (χ4v) is 2.72. The summed E-state index contributed by atoms with van der Waals surface area (Å²) in [6.07, 6.45) is 5.16. The van der Waals surface area contributed by atoms with Crippen molar-refractivity contribution in [1.82, 2.24) is 0 Å². The molecule has 2 nitrogen and oxygen atoms in total. The Hall–Kier alpha value is -0.280. The zero-order valence-corrected chi connectivity index (χ0v) is 10.0. The molecule has 1 heterocycles. The Bertz CT molecular complexity index is 313. The second-order valence-electron chi connectivity index (χ2n) is 4.13. The van der Waals surface area contributed by atoms with Gasteiger partial charge in [0.15, 0.2) is 0 Å². The van der Waals surface area contributed by atoms with Crippen LogP contribution in [0.4, 0.5) is 0 Å². The van der Waals surface area contributed by atoms with Crippen LogP contribution in [0.2, 0.25) is 0 Å². The van der Waals surface area contributed by atoms with Gasteiger partial charge < -0.3 is 10.2 Å². The van der Waals surface area contributed by atoms with E-state index in [1.807, 2.05) is 13.0 Å². The van der Waals surface area contributed by atoms with Crippen LogP contribution in [0.1, 0.15) is 56.1 Å². The smallest absolute Gasteiger partial charge is 0.121 e. The van der Waals surface area contributed by atoms with E-state index in [4.69, 9.17) is 10.2 Å². The molecule has 1 unspecified atom stereocenters. The third-order valence-electron chi connectivity index (χ3n) is 2.91. The highest BCUT2D eigenvalue weighted by atomic mass is 79.9. The first-order chi connectivity index (χ1) is 6.68. The monoisotopic (exact) mass is 257 g/mol. The van der Waals surface area contributed by atoms with Crippen molar-refractivity contribution in [2.75, 3.05) is 0 Å². The van der Waals surface area contributed by atoms with Crippen LogP contribution in [-0.2, 0) is 0 Å². The summed E-state index contributed by atoms with van der Waals surface area (Å²) in [5, 5.41) is 0. The molecule has 2 N–H and O–H groups in total. The van der Waals surface area contributed by atoms with E-state index in [9.17, 15) is 0 Å². The Labute approximate surface area is 93.0 Å².